The number of nitrogens with zero attached hydrogens (tertiary/aromatic N) is 2. The Bertz CT molecular complexity index is 1100. The van der Waals surface area contributed by atoms with Crippen LogP contribution in [0, 0.1) is 0 Å². The molecule has 1 saturated heterocycles. The zero-order chi connectivity index (χ0) is 19.7. The predicted molar refractivity (Wildman–Crippen MR) is 114 cm³/mol. The van der Waals surface area contributed by atoms with E-state index in [4.69, 9.17) is 0 Å². The molecule has 0 unspecified atom stereocenters. The van der Waals surface area contributed by atoms with Gasteiger partial charge in [-0.25, -0.2) is 8.42 Å². The molecular weight excluding hydrogens is 392 g/mol. The van der Waals surface area contributed by atoms with E-state index >= 15 is 0 Å². The highest BCUT2D eigenvalue weighted by Crippen LogP contribution is 2.32. The van der Waals surface area contributed by atoms with E-state index in [0.29, 0.717) is 10.6 Å². The summed E-state index contributed by atoms with van der Waals surface area (Å²) >= 11 is 1.46. The highest BCUT2D eigenvalue weighted by atomic mass is 32.2. The van der Waals surface area contributed by atoms with Crippen LogP contribution in [0.15, 0.2) is 54.6 Å². The monoisotopic (exact) mass is 414 g/mol. The minimum atomic E-state index is -3.45. The van der Waals surface area contributed by atoms with Crippen molar-refractivity contribution in [2.24, 2.45) is 0 Å². The van der Waals surface area contributed by atoms with E-state index in [9.17, 15) is 13.2 Å². The average Bonchev–Trinajstić information content (AvgIpc) is 3.34. The van der Waals surface area contributed by atoms with Gasteiger partial charge in [0.15, 0.2) is 0 Å². The maximum Gasteiger partial charge on any atom is 0.263 e. The standard InChI is InChI=1S/C21H22N2O3S2/c1-28(25,26)23(15-16-7-3-2-4-8-16)18-9-10-19-17(13-18)14-20(27-19)21(24)22-11-5-6-12-22/h2-4,7-10,13-14H,5-6,11-12,15H2,1H3. The Morgan fingerprint density at radius 1 is 1.07 bits per heavy atom. The van der Waals surface area contributed by atoms with Crippen LogP contribution in [0.1, 0.15) is 28.1 Å². The van der Waals surface area contributed by atoms with E-state index in [1.807, 2.05) is 59.5 Å². The summed E-state index contributed by atoms with van der Waals surface area (Å²) in [6.45, 7) is 1.91. The van der Waals surface area contributed by atoms with Gasteiger partial charge < -0.3 is 4.90 Å². The van der Waals surface area contributed by atoms with Gasteiger partial charge in [0.05, 0.1) is 23.4 Å². The molecule has 0 N–H and O–H groups in total. The number of carbonyl (C=O) groups is 1. The van der Waals surface area contributed by atoms with Gasteiger partial charge in [-0.15, -0.1) is 11.3 Å². The molecule has 0 saturated carbocycles. The first kappa shape index (κ1) is 19.0. The lowest BCUT2D eigenvalue weighted by molar-refractivity contribution is 0.0797. The van der Waals surface area contributed by atoms with Crippen molar-refractivity contribution in [3.05, 3.63) is 65.0 Å². The number of thiophene rings is 1. The molecule has 1 aliphatic heterocycles. The first-order valence-corrected chi connectivity index (χ1v) is 11.9. The Morgan fingerprint density at radius 2 is 1.79 bits per heavy atom. The molecule has 1 fully saturated rings. The van der Waals surface area contributed by atoms with Crippen LogP contribution in [0.5, 0.6) is 0 Å². The molecule has 2 heterocycles. The lowest BCUT2D eigenvalue weighted by atomic mass is 10.2. The van der Waals surface area contributed by atoms with Crippen LogP contribution in [0.4, 0.5) is 5.69 Å². The van der Waals surface area contributed by atoms with Crippen molar-refractivity contribution in [3.8, 4) is 0 Å². The Kier molecular flexibility index (Phi) is 5.12. The van der Waals surface area contributed by atoms with Crippen LogP contribution >= 0.6 is 11.3 Å². The van der Waals surface area contributed by atoms with Gasteiger partial charge in [-0.2, -0.15) is 0 Å². The number of benzene rings is 2. The number of carbonyl (C=O) groups excluding carboxylic acids is 1. The molecule has 28 heavy (non-hydrogen) atoms. The van der Waals surface area contributed by atoms with Gasteiger partial charge in [0.2, 0.25) is 10.0 Å². The minimum absolute atomic E-state index is 0.0736. The Hall–Kier alpha value is -2.38. The summed E-state index contributed by atoms with van der Waals surface area (Å²) in [5.74, 6) is 0.0736. The van der Waals surface area contributed by atoms with Crippen LogP contribution in [0.25, 0.3) is 10.1 Å². The zero-order valence-electron chi connectivity index (χ0n) is 15.7. The summed E-state index contributed by atoms with van der Waals surface area (Å²) in [6.07, 6.45) is 3.34. The fourth-order valence-electron chi connectivity index (χ4n) is 3.52. The van der Waals surface area contributed by atoms with E-state index in [1.54, 1.807) is 0 Å². The summed E-state index contributed by atoms with van der Waals surface area (Å²) in [5, 5.41) is 0.895. The second-order valence-corrected chi connectivity index (χ2v) is 10.1. The normalized spacial score (nSPS) is 14.5. The van der Waals surface area contributed by atoms with Gasteiger partial charge in [0.1, 0.15) is 0 Å². The number of amides is 1. The number of hydrogen-bond donors (Lipinski definition) is 0. The smallest absolute Gasteiger partial charge is 0.263 e. The van der Waals surface area contributed by atoms with E-state index < -0.39 is 10.0 Å². The molecule has 0 bridgehead atoms. The highest BCUT2D eigenvalue weighted by Gasteiger charge is 2.22. The van der Waals surface area contributed by atoms with Crippen molar-refractivity contribution >= 4 is 43.0 Å². The van der Waals surface area contributed by atoms with E-state index in [0.717, 1.165) is 41.6 Å². The first-order chi connectivity index (χ1) is 13.4. The van der Waals surface area contributed by atoms with Gasteiger partial charge in [-0.05, 0) is 48.1 Å². The average molecular weight is 415 g/mol. The largest absolute Gasteiger partial charge is 0.338 e. The topological polar surface area (TPSA) is 57.7 Å². The van der Waals surface area contributed by atoms with Crippen LogP contribution in [-0.4, -0.2) is 38.6 Å². The third-order valence-electron chi connectivity index (χ3n) is 4.96. The van der Waals surface area contributed by atoms with Crippen molar-refractivity contribution in [3.63, 3.8) is 0 Å². The lowest BCUT2D eigenvalue weighted by Gasteiger charge is -2.22. The number of fused-ring (bicyclic) bond motifs is 1. The van der Waals surface area contributed by atoms with Crippen molar-refractivity contribution < 1.29 is 13.2 Å². The second-order valence-electron chi connectivity index (χ2n) is 7.09. The molecule has 1 aromatic heterocycles. The molecule has 7 heteroatoms. The van der Waals surface area contributed by atoms with E-state index in [1.165, 1.54) is 21.9 Å². The van der Waals surface area contributed by atoms with Crippen LogP contribution in [-0.2, 0) is 16.6 Å². The fraction of sp³-hybridized carbons (Fsp3) is 0.286. The van der Waals surface area contributed by atoms with Gasteiger partial charge >= 0.3 is 0 Å². The molecule has 0 atom stereocenters. The highest BCUT2D eigenvalue weighted by molar-refractivity contribution is 7.92. The fourth-order valence-corrected chi connectivity index (χ4v) is 5.41. The third kappa shape index (κ3) is 3.91. The molecule has 146 valence electrons. The molecule has 0 radical (unpaired) electrons. The van der Waals surface area contributed by atoms with Gasteiger partial charge in [-0.1, -0.05) is 30.3 Å². The number of sulfonamides is 1. The summed E-state index contributed by atoms with van der Waals surface area (Å²) < 4.78 is 27.2. The zero-order valence-corrected chi connectivity index (χ0v) is 17.3. The van der Waals surface area contributed by atoms with Crippen LogP contribution in [0.2, 0.25) is 0 Å². The summed E-state index contributed by atoms with van der Waals surface area (Å²) in [7, 11) is -3.45. The van der Waals surface area contributed by atoms with Crippen LogP contribution < -0.4 is 4.31 Å². The third-order valence-corrected chi connectivity index (χ3v) is 7.21. The molecule has 5 nitrogen and oxygen atoms in total. The Balaban J connectivity index is 1.67. The first-order valence-electron chi connectivity index (χ1n) is 9.26. The number of anilines is 1. The lowest BCUT2D eigenvalue weighted by Crippen LogP contribution is -2.29. The molecular formula is C21H22N2O3S2. The van der Waals surface area contributed by atoms with Crippen molar-refractivity contribution in [2.75, 3.05) is 23.7 Å². The summed E-state index contributed by atoms with van der Waals surface area (Å²) in [5.41, 5.74) is 1.53. The molecule has 0 aliphatic carbocycles. The number of hydrogen-bond acceptors (Lipinski definition) is 4. The molecule has 4 rings (SSSR count). The van der Waals surface area contributed by atoms with Gasteiger partial charge in [0.25, 0.3) is 5.91 Å². The van der Waals surface area contributed by atoms with Crippen molar-refractivity contribution in [1.82, 2.24) is 4.90 Å². The maximum absolute atomic E-state index is 12.7. The van der Waals surface area contributed by atoms with E-state index in [2.05, 4.69) is 0 Å². The van der Waals surface area contributed by atoms with Crippen molar-refractivity contribution in [2.45, 2.75) is 19.4 Å². The molecule has 2 aromatic carbocycles. The van der Waals surface area contributed by atoms with Gasteiger partial charge in [-0.3, -0.25) is 9.10 Å². The SMILES string of the molecule is CS(=O)(=O)N(Cc1ccccc1)c1ccc2sc(C(=O)N3CCCC3)cc2c1. The number of rotatable bonds is 5. The second kappa shape index (κ2) is 7.56. The molecule has 1 amide bonds. The maximum atomic E-state index is 12.7. The van der Waals surface area contributed by atoms with Crippen LogP contribution in [0.3, 0.4) is 0 Å². The van der Waals surface area contributed by atoms with E-state index in [-0.39, 0.29) is 12.5 Å². The number of likely N-dealkylation sites (tertiary alicyclic amines) is 1. The summed E-state index contributed by atoms with van der Waals surface area (Å²) in [6, 6.07) is 17.0. The minimum Gasteiger partial charge on any atom is -0.338 e. The Morgan fingerprint density at radius 3 is 2.46 bits per heavy atom. The molecule has 1 aliphatic rings. The summed E-state index contributed by atoms with van der Waals surface area (Å²) in [4.78, 5) is 15.3. The Labute approximate surface area is 169 Å². The van der Waals surface area contributed by atoms with Crippen molar-refractivity contribution in [1.29, 1.82) is 0 Å². The molecule has 0 spiro atoms. The quantitative estimate of drug-likeness (QED) is 0.631. The predicted octanol–water partition coefficient (Wildman–Crippen LogP) is 4.10. The molecule has 3 aromatic rings. The van der Waals surface area contributed by atoms with Gasteiger partial charge in [0, 0.05) is 17.8 Å².